The number of rotatable bonds is 5. The van der Waals surface area contributed by atoms with E-state index >= 15 is 0 Å². The number of hydrogen-bond donors (Lipinski definition) is 0. The Balaban J connectivity index is 1.62. The molecule has 0 spiro atoms. The molecule has 1 amide bonds. The highest BCUT2D eigenvalue weighted by atomic mass is 32.2. The molecule has 0 saturated carbocycles. The molecule has 0 fully saturated rings. The molecule has 0 N–H and O–H groups in total. The molecule has 180 valence electrons. The van der Waals surface area contributed by atoms with Gasteiger partial charge in [0.15, 0.2) is 15.9 Å². The van der Waals surface area contributed by atoms with Crippen LogP contribution < -0.4 is 4.74 Å². The van der Waals surface area contributed by atoms with Gasteiger partial charge in [-0.05, 0) is 44.2 Å². The number of pyridine rings is 1. The third-order valence-corrected chi connectivity index (χ3v) is 6.50. The van der Waals surface area contributed by atoms with E-state index in [4.69, 9.17) is 4.74 Å². The molecule has 0 saturated heterocycles. The van der Waals surface area contributed by atoms with E-state index in [1.807, 2.05) is 13.0 Å². The first kappa shape index (κ1) is 23.7. The first-order chi connectivity index (χ1) is 15.8. The Bertz CT molecular complexity index is 1350. The summed E-state index contributed by atoms with van der Waals surface area (Å²) in [5, 5.41) is 4.51. The maximum atomic E-state index is 13.3. The number of ether oxygens (including phenoxy) is 1. The summed E-state index contributed by atoms with van der Waals surface area (Å²) in [5.41, 5.74) is 2.76. The van der Waals surface area contributed by atoms with Gasteiger partial charge in [-0.15, -0.1) is 0 Å². The molecular formula is C22H21F3N4O4S. The Morgan fingerprint density at radius 3 is 2.53 bits per heavy atom. The standard InChI is InChI=1S/C22H21F3N4O4S/c1-13-8-16(6-7-26-13)29-11-15-10-28(12-19(15)27-29)21(30)18-9-17(34(3,31)32)4-5-20(18)33-14(2)22(23,24)25/h4-9,11,14H,10,12H2,1-3H3/t14-/m0/s1. The monoisotopic (exact) mass is 494 g/mol. The van der Waals surface area contributed by atoms with E-state index < -0.39 is 28.0 Å². The van der Waals surface area contributed by atoms with Gasteiger partial charge in [-0.25, -0.2) is 13.1 Å². The van der Waals surface area contributed by atoms with Crippen LogP contribution in [-0.2, 0) is 22.9 Å². The summed E-state index contributed by atoms with van der Waals surface area (Å²) in [6, 6.07) is 6.89. The molecule has 4 rings (SSSR count). The number of carbonyl (C=O) groups is 1. The van der Waals surface area contributed by atoms with Crippen LogP contribution >= 0.6 is 0 Å². The first-order valence-corrected chi connectivity index (χ1v) is 12.1. The van der Waals surface area contributed by atoms with Crippen LogP contribution in [0.1, 0.15) is 34.2 Å². The van der Waals surface area contributed by atoms with Crippen LogP contribution in [0.3, 0.4) is 0 Å². The zero-order valence-corrected chi connectivity index (χ0v) is 19.3. The van der Waals surface area contributed by atoms with Gasteiger partial charge in [0.1, 0.15) is 5.75 Å². The van der Waals surface area contributed by atoms with Gasteiger partial charge in [-0.1, -0.05) is 0 Å². The van der Waals surface area contributed by atoms with E-state index in [9.17, 15) is 26.4 Å². The van der Waals surface area contributed by atoms with Crippen molar-refractivity contribution in [2.24, 2.45) is 0 Å². The van der Waals surface area contributed by atoms with E-state index in [0.29, 0.717) is 5.69 Å². The van der Waals surface area contributed by atoms with Crippen molar-refractivity contribution < 1.29 is 31.1 Å². The molecule has 8 nitrogen and oxygen atoms in total. The number of carbonyl (C=O) groups excluding carboxylic acids is 1. The van der Waals surface area contributed by atoms with Gasteiger partial charge in [-0.3, -0.25) is 9.78 Å². The maximum Gasteiger partial charge on any atom is 0.425 e. The Hall–Kier alpha value is -3.41. The smallest absolute Gasteiger partial charge is 0.425 e. The molecule has 34 heavy (non-hydrogen) atoms. The van der Waals surface area contributed by atoms with E-state index in [-0.39, 0.29) is 29.3 Å². The number of nitrogens with zero attached hydrogens (tertiary/aromatic N) is 4. The minimum absolute atomic E-state index is 0.114. The highest BCUT2D eigenvalue weighted by Gasteiger charge is 2.39. The van der Waals surface area contributed by atoms with Gasteiger partial charge in [0.25, 0.3) is 5.91 Å². The quantitative estimate of drug-likeness (QED) is 0.539. The molecule has 0 unspecified atom stereocenters. The minimum Gasteiger partial charge on any atom is -0.480 e. The van der Waals surface area contributed by atoms with Crippen molar-refractivity contribution in [2.75, 3.05) is 6.26 Å². The fourth-order valence-corrected chi connectivity index (χ4v) is 4.19. The summed E-state index contributed by atoms with van der Waals surface area (Å²) in [4.78, 5) is 18.6. The Labute approximate surface area is 193 Å². The summed E-state index contributed by atoms with van der Waals surface area (Å²) in [5.74, 6) is -0.997. The summed E-state index contributed by atoms with van der Waals surface area (Å²) in [6.45, 7) is 2.94. The number of benzene rings is 1. The van der Waals surface area contributed by atoms with Crippen LogP contribution in [0.4, 0.5) is 13.2 Å². The molecule has 0 radical (unpaired) electrons. The van der Waals surface area contributed by atoms with Gasteiger partial charge in [0, 0.05) is 36.5 Å². The van der Waals surface area contributed by atoms with Crippen LogP contribution in [0.2, 0.25) is 0 Å². The maximum absolute atomic E-state index is 13.3. The average molecular weight is 494 g/mol. The number of halogens is 3. The van der Waals surface area contributed by atoms with E-state index in [2.05, 4.69) is 10.1 Å². The highest BCUT2D eigenvalue weighted by Crippen LogP contribution is 2.32. The van der Waals surface area contributed by atoms with Crippen molar-refractivity contribution in [1.29, 1.82) is 0 Å². The lowest BCUT2D eigenvalue weighted by Crippen LogP contribution is -2.33. The first-order valence-electron chi connectivity index (χ1n) is 10.2. The zero-order valence-electron chi connectivity index (χ0n) is 18.5. The van der Waals surface area contributed by atoms with Crippen molar-refractivity contribution in [1.82, 2.24) is 19.7 Å². The number of aryl methyl sites for hydroxylation is 1. The fourth-order valence-electron chi connectivity index (χ4n) is 3.54. The predicted octanol–water partition coefficient (Wildman–Crippen LogP) is 3.46. The summed E-state index contributed by atoms with van der Waals surface area (Å²) in [7, 11) is -3.71. The Kier molecular flexibility index (Phi) is 5.88. The van der Waals surface area contributed by atoms with Crippen LogP contribution in [-0.4, -0.2) is 52.5 Å². The second kappa shape index (κ2) is 8.42. The summed E-state index contributed by atoms with van der Waals surface area (Å²) >= 11 is 0. The van der Waals surface area contributed by atoms with Crippen LogP contribution in [0.25, 0.3) is 5.69 Å². The highest BCUT2D eigenvalue weighted by molar-refractivity contribution is 7.90. The van der Waals surface area contributed by atoms with E-state index in [1.165, 1.54) is 4.90 Å². The van der Waals surface area contributed by atoms with Crippen molar-refractivity contribution >= 4 is 15.7 Å². The number of alkyl halides is 3. The predicted molar refractivity (Wildman–Crippen MR) is 115 cm³/mol. The van der Waals surface area contributed by atoms with E-state index in [1.54, 1.807) is 23.1 Å². The van der Waals surface area contributed by atoms with Crippen LogP contribution in [0, 0.1) is 6.92 Å². The molecule has 1 aliphatic rings. The van der Waals surface area contributed by atoms with Crippen molar-refractivity contribution in [3.63, 3.8) is 0 Å². The second-order valence-electron chi connectivity index (χ2n) is 8.09. The van der Waals surface area contributed by atoms with Crippen molar-refractivity contribution in [3.05, 3.63) is 65.2 Å². The molecule has 0 aliphatic carbocycles. The lowest BCUT2D eigenvalue weighted by atomic mass is 10.1. The number of fused-ring (bicyclic) bond motifs is 1. The fraction of sp³-hybridized carbons (Fsp3) is 0.318. The number of amides is 1. The third kappa shape index (κ3) is 4.76. The Morgan fingerprint density at radius 2 is 1.91 bits per heavy atom. The number of hydrogen-bond acceptors (Lipinski definition) is 6. The SMILES string of the molecule is Cc1cc(-n2cc3c(n2)CN(C(=O)c2cc(S(C)(=O)=O)ccc2O[C@@H](C)C(F)(F)F)C3)ccn1. The Morgan fingerprint density at radius 1 is 1.18 bits per heavy atom. The second-order valence-corrected chi connectivity index (χ2v) is 10.1. The largest absolute Gasteiger partial charge is 0.480 e. The molecule has 1 aromatic carbocycles. The molecule has 0 bridgehead atoms. The summed E-state index contributed by atoms with van der Waals surface area (Å²) < 4.78 is 69.8. The molecule has 3 aromatic rings. The minimum atomic E-state index is -4.66. The van der Waals surface area contributed by atoms with Crippen LogP contribution in [0.15, 0.2) is 47.6 Å². The van der Waals surface area contributed by atoms with Crippen molar-refractivity contribution in [2.45, 2.75) is 44.1 Å². The molecule has 2 aromatic heterocycles. The molecule has 3 heterocycles. The van der Waals surface area contributed by atoms with Gasteiger partial charge in [0.05, 0.1) is 28.4 Å². The summed E-state index contributed by atoms with van der Waals surface area (Å²) in [6.07, 6.45) is -2.47. The molecule has 12 heteroatoms. The van der Waals surface area contributed by atoms with Gasteiger partial charge in [-0.2, -0.15) is 18.3 Å². The van der Waals surface area contributed by atoms with Gasteiger partial charge >= 0.3 is 6.18 Å². The van der Waals surface area contributed by atoms with E-state index in [0.717, 1.165) is 48.3 Å². The molecule has 1 atom stereocenters. The van der Waals surface area contributed by atoms with Gasteiger partial charge in [0.2, 0.25) is 0 Å². The normalized spacial score (nSPS) is 14.7. The van der Waals surface area contributed by atoms with Gasteiger partial charge < -0.3 is 9.64 Å². The molecular weight excluding hydrogens is 473 g/mol. The lowest BCUT2D eigenvalue weighted by molar-refractivity contribution is -0.189. The number of aromatic nitrogens is 3. The third-order valence-electron chi connectivity index (χ3n) is 5.39. The zero-order chi connectivity index (χ0) is 24.8. The van der Waals surface area contributed by atoms with Crippen molar-refractivity contribution in [3.8, 4) is 11.4 Å². The lowest BCUT2D eigenvalue weighted by Gasteiger charge is -2.22. The average Bonchev–Trinajstić information content (AvgIpc) is 3.31. The topological polar surface area (TPSA) is 94.4 Å². The molecule has 1 aliphatic heterocycles. The van der Waals surface area contributed by atoms with Crippen LogP contribution in [0.5, 0.6) is 5.75 Å². The number of sulfone groups is 1.